The van der Waals surface area contributed by atoms with Gasteiger partial charge in [0, 0.05) is 58.4 Å². The SMILES string of the molecule is COCCn1ccnc1CN1CCN(c2ncc(C)cc2Cl)CC1. The largest absolute Gasteiger partial charge is 0.383 e. The number of aryl methyl sites for hydroxylation is 1. The Hall–Kier alpha value is -1.63. The second-order valence-electron chi connectivity index (χ2n) is 6.11. The third kappa shape index (κ3) is 4.06. The molecule has 3 heterocycles. The molecular formula is C17H24ClN5O. The van der Waals surface area contributed by atoms with Gasteiger partial charge < -0.3 is 14.2 Å². The number of anilines is 1. The molecule has 0 aliphatic carbocycles. The molecule has 130 valence electrons. The van der Waals surface area contributed by atoms with Gasteiger partial charge >= 0.3 is 0 Å². The van der Waals surface area contributed by atoms with Gasteiger partial charge in [0.1, 0.15) is 11.6 Å². The molecule has 0 saturated carbocycles. The third-order valence-electron chi connectivity index (χ3n) is 4.33. The van der Waals surface area contributed by atoms with Crippen LogP contribution in [0.1, 0.15) is 11.4 Å². The number of ether oxygens (including phenoxy) is 1. The van der Waals surface area contributed by atoms with Crippen LogP contribution in [-0.4, -0.2) is 59.3 Å². The highest BCUT2D eigenvalue weighted by Gasteiger charge is 2.21. The molecule has 7 heteroatoms. The zero-order valence-corrected chi connectivity index (χ0v) is 15.0. The lowest BCUT2D eigenvalue weighted by Gasteiger charge is -2.35. The van der Waals surface area contributed by atoms with Crippen molar-refractivity contribution in [2.75, 3.05) is 44.8 Å². The van der Waals surface area contributed by atoms with E-state index in [9.17, 15) is 0 Å². The van der Waals surface area contributed by atoms with Crippen LogP contribution < -0.4 is 4.90 Å². The van der Waals surface area contributed by atoms with Gasteiger partial charge in [0.15, 0.2) is 0 Å². The number of piperazine rings is 1. The van der Waals surface area contributed by atoms with Gasteiger partial charge in [0.2, 0.25) is 0 Å². The molecule has 0 N–H and O–H groups in total. The first-order chi connectivity index (χ1) is 11.7. The van der Waals surface area contributed by atoms with E-state index in [2.05, 4.69) is 24.3 Å². The van der Waals surface area contributed by atoms with Crippen molar-refractivity contribution in [3.05, 3.63) is 41.1 Å². The number of hydrogen-bond donors (Lipinski definition) is 0. The minimum Gasteiger partial charge on any atom is -0.383 e. The van der Waals surface area contributed by atoms with Gasteiger partial charge in [-0.3, -0.25) is 4.90 Å². The van der Waals surface area contributed by atoms with Crippen LogP contribution in [0.3, 0.4) is 0 Å². The maximum atomic E-state index is 6.34. The number of methoxy groups -OCH3 is 1. The van der Waals surface area contributed by atoms with Crippen molar-refractivity contribution >= 4 is 17.4 Å². The molecule has 1 aliphatic heterocycles. The van der Waals surface area contributed by atoms with E-state index < -0.39 is 0 Å². The summed E-state index contributed by atoms with van der Waals surface area (Å²) < 4.78 is 7.32. The number of imidazole rings is 1. The molecule has 0 aromatic carbocycles. The summed E-state index contributed by atoms with van der Waals surface area (Å²) in [7, 11) is 1.72. The topological polar surface area (TPSA) is 46.4 Å². The number of nitrogens with zero attached hydrogens (tertiary/aromatic N) is 5. The smallest absolute Gasteiger partial charge is 0.147 e. The Morgan fingerprint density at radius 3 is 2.71 bits per heavy atom. The van der Waals surface area contributed by atoms with Crippen molar-refractivity contribution in [3.8, 4) is 0 Å². The second kappa shape index (κ2) is 7.96. The van der Waals surface area contributed by atoms with Crippen LogP contribution in [0.2, 0.25) is 5.02 Å². The minimum absolute atomic E-state index is 0.703. The fourth-order valence-electron chi connectivity index (χ4n) is 2.96. The van der Waals surface area contributed by atoms with Crippen molar-refractivity contribution in [2.45, 2.75) is 20.0 Å². The van der Waals surface area contributed by atoms with Crippen molar-refractivity contribution < 1.29 is 4.74 Å². The maximum absolute atomic E-state index is 6.34. The molecule has 0 radical (unpaired) electrons. The summed E-state index contributed by atoms with van der Waals surface area (Å²) >= 11 is 6.34. The van der Waals surface area contributed by atoms with E-state index in [-0.39, 0.29) is 0 Å². The molecule has 0 spiro atoms. The van der Waals surface area contributed by atoms with Gasteiger partial charge in [-0.25, -0.2) is 9.97 Å². The molecule has 0 bridgehead atoms. The van der Waals surface area contributed by atoms with Gasteiger partial charge in [-0.15, -0.1) is 0 Å². The molecule has 3 rings (SSSR count). The summed E-state index contributed by atoms with van der Waals surface area (Å²) in [6, 6.07) is 1.98. The highest BCUT2D eigenvalue weighted by Crippen LogP contribution is 2.25. The van der Waals surface area contributed by atoms with E-state index in [1.807, 2.05) is 31.6 Å². The highest BCUT2D eigenvalue weighted by atomic mass is 35.5. The van der Waals surface area contributed by atoms with Crippen LogP contribution in [-0.2, 0) is 17.8 Å². The number of halogens is 1. The predicted octanol–water partition coefficient (Wildman–Crippen LogP) is 2.21. The Morgan fingerprint density at radius 1 is 1.21 bits per heavy atom. The number of hydrogen-bond acceptors (Lipinski definition) is 5. The molecule has 24 heavy (non-hydrogen) atoms. The van der Waals surface area contributed by atoms with Crippen molar-refractivity contribution in [1.29, 1.82) is 0 Å². The normalized spacial score (nSPS) is 15.9. The average molecular weight is 350 g/mol. The highest BCUT2D eigenvalue weighted by molar-refractivity contribution is 6.33. The van der Waals surface area contributed by atoms with Crippen LogP contribution in [0.25, 0.3) is 0 Å². The zero-order chi connectivity index (χ0) is 16.9. The third-order valence-corrected chi connectivity index (χ3v) is 4.61. The van der Waals surface area contributed by atoms with Gasteiger partial charge in [-0.2, -0.15) is 0 Å². The Bertz CT molecular complexity index is 667. The van der Waals surface area contributed by atoms with Crippen LogP contribution in [0, 0.1) is 6.92 Å². The summed E-state index contributed by atoms with van der Waals surface area (Å²) in [5.41, 5.74) is 1.09. The molecule has 0 atom stereocenters. The quantitative estimate of drug-likeness (QED) is 0.800. The molecular weight excluding hydrogens is 326 g/mol. The summed E-state index contributed by atoms with van der Waals surface area (Å²) in [6.45, 7) is 8.21. The first-order valence-corrected chi connectivity index (χ1v) is 8.63. The number of rotatable bonds is 6. The van der Waals surface area contributed by atoms with E-state index in [0.29, 0.717) is 6.61 Å². The molecule has 0 amide bonds. The second-order valence-corrected chi connectivity index (χ2v) is 6.52. The Labute approximate surface area is 148 Å². The molecule has 2 aromatic heterocycles. The monoisotopic (exact) mass is 349 g/mol. The summed E-state index contributed by atoms with van der Waals surface area (Å²) in [5, 5.41) is 0.735. The Balaban J connectivity index is 1.56. The van der Waals surface area contributed by atoms with Crippen LogP contribution in [0.5, 0.6) is 0 Å². The number of pyridine rings is 1. The summed E-state index contributed by atoms with van der Waals surface area (Å²) in [6.07, 6.45) is 5.75. The van der Waals surface area contributed by atoms with E-state index in [1.54, 1.807) is 7.11 Å². The maximum Gasteiger partial charge on any atom is 0.147 e. The first kappa shape index (κ1) is 17.2. The fourth-order valence-corrected chi connectivity index (χ4v) is 3.30. The van der Waals surface area contributed by atoms with E-state index in [1.165, 1.54) is 0 Å². The minimum atomic E-state index is 0.703. The van der Waals surface area contributed by atoms with Crippen LogP contribution >= 0.6 is 11.6 Å². The van der Waals surface area contributed by atoms with Gasteiger partial charge in [0.25, 0.3) is 0 Å². The van der Waals surface area contributed by atoms with Crippen molar-refractivity contribution in [2.24, 2.45) is 0 Å². The zero-order valence-electron chi connectivity index (χ0n) is 14.3. The molecule has 1 fully saturated rings. The number of aromatic nitrogens is 3. The Kier molecular flexibility index (Phi) is 5.71. The predicted molar refractivity (Wildman–Crippen MR) is 95.6 cm³/mol. The lowest BCUT2D eigenvalue weighted by molar-refractivity contribution is 0.183. The standard InChI is InChI=1S/C17H24ClN5O/c1-14-11-15(18)17(20-12-14)23-7-5-21(6-8-23)13-16-19-3-4-22(16)9-10-24-2/h3-4,11-12H,5-10,13H2,1-2H3. The lowest BCUT2D eigenvalue weighted by atomic mass is 10.2. The molecule has 1 saturated heterocycles. The Morgan fingerprint density at radius 2 is 2.00 bits per heavy atom. The van der Waals surface area contributed by atoms with Crippen molar-refractivity contribution in [3.63, 3.8) is 0 Å². The van der Waals surface area contributed by atoms with Gasteiger partial charge in [-0.05, 0) is 18.6 Å². The molecule has 6 nitrogen and oxygen atoms in total. The van der Waals surface area contributed by atoms with E-state index >= 15 is 0 Å². The van der Waals surface area contributed by atoms with E-state index in [4.69, 9.17) is 16.3 Å². The van der Waals surface area contributed by atoms with E-state index in [0.717, 1.165) is 61.5 Å². The van der Waals surface area contributed by atoms with Gasteiger partial charge in [0.05, 0.1) is 18.2 Å². The first-order valence-electron chi connectivity index (χ1n) is 8.26. The van der Waals surface area contributed by atoms with Gasteiger partial charge in [-0.1, -0.05) is 11.6 Å². The lowest BCUT2D eigenvalue weighted by Crippen LogP contribution is -2.46. The average Bonchev–Trinajstić information content (AvgIpc) is 3.01. The molecule has 1 aliphatic rings. The van der Waals surface area contributed by atoms with Crippen LogP contribution in [0.15, 0.2) is 24.7 Å². The summed E-state index contributed by atoms with van der Waals surface area (Å²) in [5.74, 6) is 1.98. The molecule has 0 unspecified atom stereocenters. The summed E-state index contributed by atoms with van der Waals surface area (Å²) in [4.78, 5) is 13.7. The van der Waals surface area contributed by atoms with Crippen molar-refractivity contribution in [1.82, 2.24) is 19.4 Å². The fraction of sp³-hybridized carbons (Fsp3) is 0.529. The molecule has 2 aromatic rings. The van der Waals surface area contributed by atoms with Crippen LogP contribution in [0.4, 0.5) is 5.82 Å².